The van der Waals surface area contributed by atoms with Crippen LogP contribution in [0.5, 0.6) is 5.75 Å². The molecule has 1 saturated heterocycles. The van der Waals surface area contributed by atoms with Crippen molar-refractivity contribution in [1.82, 2.24) is 15.0 Å². The highest BCUT2D eigenvalue weighted by molar-refractivity contribution is 9.10. The molecule has 1 aliphatic rings. The molecule has 11 heteroatoms. The first-order chi connectivity index (χ1) is 18.0. The fourth-order valence-corrected chi connectivity index (χ4v) is 4.26. The van der Waals surface area contributed by atoms with Crippen molar-refractivity contribution in [3.63, 3.8) is 0 Å². The third-order valence-corrected chi connectivity index (χ3v) is 6.27. The summed E-state index contributed by atoms with van der Waals surface area (Å²) >= 11 is 3.51. The number of ether oxygens (including phenoxy) is 1. The van der Waals surface area contributed by atoms with Crippen LogP contribution in [-0.2, 0) is 11.3 Å². The molecule has 2 aromatic heterocycles. The average Bonchev–Trinajstić information content (AvgIpc) is 2.92. The van der Waals surface area contributed by atoms with Crippen molar-refractivity contribution in [1.29, 1.82) is 0 Å². The topological polar surface area (TPSA) is 108 Å². The van der Waals surface area contributed by atoms with E-state index in [9.17, 15) is 9.50 Å². The minimum atomic E-state index is -0.497. The summed E-state index contributed by atoms with van der Waals surface area (Å²) in [4.78, 5) is 14.5. The number of aromatic nitrogens is 3. The maximum absolute atomic E-state index is 14.2. The molecule has 9 nitrogen and oxygen atoms in total. The number of rotatable bonds is 7. The Morgan fingerprint density at radius 3 is 2.59 bits per heavy atom. The fourth-order valence-electron chi connectivity index (χ4n) is 3.81. The van der Waals surface area contributed by atoms with Gasteiger partial charge in [-0.25, -0.2) is 14.4 Å². The number of phenolic OH excluding ortho intramolecular Hbond substituents is 1. The second-order valence-corrected chi connectivity index (χ2v) is 8.99. The van der Waals surface area contributed by atoms with E-state index in [4.69, 9.17) is 4.74 Å². The second-order valence-electron chi connectivity index (χ2n) is 8.23. The molecule has 1 fully saturated rings. The predicted molar refractivity (Wildman–Crippen MR) is 142 cm³/mol. The lowest BCUT2D eigenvalue weighted by atomic mass is 10.1. The van der Waals surface area contributed by atoms with Crippen molar-refractivity contribution in [2.75, 3.05) is 36.5 Å². The largest absolute Gasteiger partial charge is 0.508 e. The summed E-state index contributed by atoms with van der Waals surface area (Å²) in [6.45, 7) is 2.38. The summed E-state index contributed by atoms with van der Waals surface area (Å²) in [7, 11) is 0. The number of pyridine rings is 1. The molecule has 3 heterocycles. The monoisotopic (exact) mass is 563 g/mol. The van der Waals surface area contributed by atoms with Crippen molar-refractivity contribution >= 4 is 39.1 Å². The van der Waals surface area contributed by atoms with Crippen molar-refractivity contribution in [3.8, 4) is 16.9 Å². The standard InChI is InChI=1S/C26H23BrFN7O2/c27-24-23(31-19-6-4-17(5-7-19)18-2-1-3-21(36)14-18)9-8-20(32-24)15-30-34-26-29-16-22(28)25(33-26)35-10-12-37-13-11-35/h1-9,14,16,31,36H,10-13,15H2. The van der Waals surface area contributed by atoms with E-state index in [1.54, 1.807) is 12.1 Å². The van der Waals surface area contributed by atoms with Crippen LogP contribution in [0.2, 0.25) is 0 Å². The molecule has 0 saturated carbocycles. The highest BCUT2D eigenvalue weighted by atomic mass is 79.9. The van der Waals surface area contributed by atoms with Gasteiger partial charge in [-0.05, 0) is 63.5 Å². The van der Waals surface area contributed by atoms with E-state index in [2.05, 4.69) is 46.4 Å². The number of morpholine rings is 1. The van der Waals surface area contributed by atoms with Crippen LogP contribution >= 0.6 is 15.9 Å². The molecule has 0 radical (unpaired) electrons. The molecule has 0 amide bonds. The Labute approximate surface area is 221 Å². The van der Waals surface area contributed by atoms with E-state index in [1.807, 2.05) is 53.4 Å². The second kappa shape index (κ2) is 11.4. The normalized spacial score (nSPS) is 13.7. The van der Waals surface area contributed by atoms with Crippen LogP contribution in [0.4, 0.5) is 27.5 Å². The van der Waals surface area contributed by atoms with Gasteiger partial charge in [0.25, 0.3) is 5.95 Å². The maximum atomic E-state index is 14.2. The number of hydrogen-bond donors (Lipinski definition) is 2. The fraction of sp³-hybridized carbons (Fsp3) is 0.192. The van der Waals surface area contributed by atoms with Gasteiger partial charge >= 0.3 is 0 Å². The minimum absolute atomic E-state index is 0.0920. The highest BCUT2D eigenvalue weighted by Crippen LogP contribution is 2.28. The summed E-state index contributed by atoms with van der Waals surface area (Å²) in [6.07, 6.45) is 1.11. The Hall–Kier alpha value is -3.96. The number of nitrogens with one attached hydrogen (secondary N) is 1. The van der Waals surface area contributed by atoms with Gasteiger partial charge in [-0.3, -0.25) is 0 Å². The summed E-state index contributed by atoms with van der Waals surface area (Å²) in [5, 5.41) is 21.2. The highest BCUT2D eigenvalue weighted by Gasteiger charge is 2.17. The Morgan fingerprint density at radius 2 is 1.84 bits per heavy atom. The lowest BCUT2D eigenvalue weighted by molar-refractivity contribution is 0.122. The number of benzene rings is 2. The SMILES string of the molecule is Oc1cccc(-c2ccc(Nc3ccc(CN=Nc4ncc(F)c(N5CCOCC5)n4)nc3Br)cc2)c1. The van der Waals surface area contributed by atoms with E-state index in [-0.39, 0.29) is 24.1 Å². The molecular formula is C26H23BrFN7O2. The van der Waals surface area contributed by atoms with Gasteiger partial charge in [0.1, 0.15) is 16.9 Å². The first kappa shape index (κ1) is 24.7. The van der Waals surface area contributed by atoms with Crippen molar-refractivity contribution < 1.29 is 14.2 Å². The number of phenols is 1. The first-order valence-electron chi connectivity index (χ1n) is 11.6. The third-order valence-electron chi connectivity index (χ3n) is 5.67. The van der Waals surface area contributed by atoms with Crippen LogP contribution in [0, 0.1) is 5.82 Å². The average molecular weight is 564 g/mol. The zero-order chi connectivity index (χ0) is 25.6. The lowest BCUT2D eigenvalue weighted by Gasteiger charge is -2.27. The van der Waals surface area contributed by atoms with Crippen LogP contribution in [0.25, 0.3) is 11.1 Å². The van der Waals surface area contributed by atoms with E-state index in [0.717, 1.165) is 28.7 Å². The van der Waals surface area contributed by atoms with Gasteiger partial charge in [0.05, 0.1) is 30.8 Å². The van der Waals surface area contributed by atoms with Gasteiger partial charge in [-0.2, -0.15) is 10.1 Å². The summed E-state index contributed by atoms with van der Waals surface area (Å²) in [6, 6.07) is 18.8. The van der Waals surface area contributed by atoms with Crippen LogP contribution in [0.15, 0.2) is 81.7 Å². The van der Waals surface area contributed by atoms with Crippen LogP contribution < -0.4 is 10.2 Å². The predicted octanol–water partition coefficient (Wildman–Crippen LogP) is 6.01. The van der Waals surface area contributed by atoms with E-state index in [1.165, 1.54) is 0 Å². The first-order valence-corrected chi connectivity index (χ1v) is 12.4. The molecule has 2 aromatic carbocycles. The van der Waals surface area contributed by atoms with Gasteiger partial charge in [0, 0.05) is 18.8 Å². The summed E-state index contributed by atoms with van der Waals surface area (Å²) in [5.74, 6) is 0.0358. The smallest absolute Gasteiger partial charge is 0.270 e. The van der Waals surface area contributed by atoms with E-state index >= 15 is 0 Å². The molecule has 1 aliphatic heterocycles. The molecule has 2 N–H and O–H groups in total. The van der Waals surface area contributed by atoms with Gasteiger partial charge < -0.3 is 20.1 Å². The molecule has 0 bridgehead atoms. The zero-order valence-electron chi connectivity index (χ0n) is 19.7. The molecule has 188 valence electrons. The van der Waals surface area contributed by atoms with E-state index < -0.39 is 5.82 Å². The zero-order valence-corrected chi connectivity index (χ0v) is 21.3. The summed E-state index contributed by atoms with van der Waals surface area (Å²) in [5.41, 5.74) is 4.32. The number of aromatic hydroxyl groups is 1. The number of halogens is 2. The number of azo groups is 1. The molecule has 5 rings (SSSR count). The Bertz CT molecular complexity index is 1410. The third kappa shape index (κ3) is 6.25. The summed E-state index contributed by atoms with van der Waals surface area (Å²) < 4.78 is 20.1. The molecule has 4 aromatic rings. The Kier molecular flexibility index (Phi) is 7.62. The number of anilines is 3. The maximum Gasteiger partial charge on any atom is 0.270 e. The lowest BCUT2D eigenvalue weighted by Crippen LogP contribution is -2.37. The van der Waals surface area contributed by atoms with Crippen LogP contribution in [0.1, 0.15) is 5.69 Å². The van der Waals surface area contributed by atoms with Crippen LogP contribution in [-0.4, -0.2) is 46.4 Å². The van der Waals surface area contributed by atoms with Crippen molar-refractivity contribution in [2.24, 2.45) is 10.2 Å². The molecule has 0 atom stereocenters. The molecule has 37 heavy (non-hydrogen) atoms. The Morgan fingerprint density at radius 1 is 1.03 bits per heavy atom. The molecular weight excluding hydrogens is 541 g/mol. The quantitative estimate of drug-likeness (QED) is 0.209. The van der Waals surface area contributed by atoms with Gasteiger partial charge in [0.15, 0.2) is 11.6 Å². The van der Waals surface area contributed by atoms with Crippen molar-refractivity contribution in [3.05, 3.63) is 83.0 Å². The number of nitrogens with zero attached hydrogens (tertiary/aromatic N) is 6. The Balaban J connectivity index is 1.21. The molecule has 0 unspecified atom stereocenters. The molecule has 0 spiro atoms. The van der Waals surface area contributed by atoms with E-state index in [0.29, 0.717) is 36.6 Å². The minimum Gasteiger partial charge on any atom is -0.508 e. The molecule has 0 aliphatic carbocycles. The van der Waals surface area contributed by atoms with Crippen molar-refractivity contribution in [2.45, 2.75) is 6.54 Å². The van der Waals surface area contributed by atoms with Gasteiger partial charge in [-0.1, -0.05) is 24.3 Å². The number of hydrogen-bond acceptors (Lipinski definition) is 9. The van der Waals surface area contributed by atoms with Gasteiger partial charge in [-0.15, -0.1) is 5.11 Å². The van der Waals surface area contributed by atoms with Crippen LogP contribution in [0.3, 0.4) is 0 Å². The van der Waals surface area contributed by atoms with Gasteiger partial charge in [0.2, 0.25) is 0 Å².